The van der Waals surface area contributed by atoms with Crippen molar-refractivity contribution in [1.29, 1.82) is 0 Å². The molecule has 3 rings (SSSR count). The van der Waals surface area contributed by atoms with Gasteiger partial charge in [0.15, 0.2) is 0 Å². The average molecular weight is 448 g/mol. The number of nitrogens with one attached hydrogen (secondary N) is 1. The molecule has 0 spiro atoms. The number of sulfonamides is 1. The molecule has 1 saturated heterocycles. The minimum absolute atomic E-state index is 0.0216. The van der Waals surface area contributed by atoms with Crippen LogP contribution < -0.4 is 5.32 Å². The molecule has 1 N–H and O–H groups in total. The van der Waals surface area contributed by atoms with Crippen LogP contribution in [0.2, 0.25) is 0 Å². The Morgan fingerprint density at radius 3 is 2.33 bits per heavy atom. The summed E-state index contributed by atoms with van der Waals surface area (Å²) < 4.78 is 91.7. The summed E-state index contributed by atoms with van der Waals surface area (Å²) in [6, 6.07) is 6.29. The van der Waals surface area contributed by atoms with Crippen molar-refractivity contribution in [2.45, 2.75) is 23.9 Å². The Kier molecular flexibility index (Phi) is 6.14. The Labute approximate surface area is 169 Å². The SMILES string of the molecule is O=C(Nc1cccc(C(F)(F)F)c1)C1CCN(S(=O)(=O)c2cc(F)ccc2F)CC1. The van der Waals surface area contributed by atoms with Crippen LogP contribution in [0.3, 0.4) is 0 Å². The summed E-state index contributed by atoms with van der Waals surface area (Å²) in [4.78, 5) is 11.6. The topological polar surface area (TPSA) is 66.5 Å². The van der Waals surface area contributed by atoms with Gasteiger partial charge >= 0.3 is 6.18 Å². The molecule has 2 aromatic carbocycles. The Morgan fingerprint density at radius 1 is 1.03 bits per heavy atom. The summed E-state index contributed by atoms with van der Waals surface area (Å²) in [7, 11) is -4.28. The van der Waals surface area contributed by atoms with Gasteiger partial charge in [-0.15, -0.1) is 0 Å². The van der Waals surface area contributed by atoms with E-state index in [1.54, 1.807) is 0 Å². The fourth-order valence-corrected chi connectivity index (χ4v) is 4.74. The molecule has 0 unspecified atom stereocenters. The van der Waals surface area contributed by atoms with Gasteiger partial charge in [-0.2, -0.15) is 17.5 Å². The summed E-state index contributed by atoms with van der Waals surface area (Å²) in [6.45, 7) is -0.224. The third-order valence-corrected chi connectivity index (χ3v) is 6.71. The van der Waals surface area contributed by atoms with Gasteiger partial charge in [-0.3, -0.25) is 4.79 Å². The maximum absolute atomic E-state index is 13.9. The monoisotopic (exact) mass is 448 g/mol. The molecule has 30 heavy (non-hydrogen) atoms. The molecule has 0 bridgehead atoms. The highest BCUT2D eigenvalue weighted by Gasteiger charge is 2.34. The number of hydrogen-bond donors (Lipinski definition) is 1. The standard InChI is InChI=1S/C19H17F5N2O3S/c20-14-4-5-16(21)17(11-14)30(28,29)26-8-6-12(7-9-26)18(27)25-15-3-1-2-13(10-15)19(22,23)24/h1-5,10-12H,6-9H2,(H,25,27). The smallest absolute Gasteiger partial charge is 0.326 e. The molecule has 11 heteroatoms. The van der Waals surface area contributed by atoms with Crippen LogP contribution in [0.4, 0.5) is 27.6 Å². The van der Waals surface area contributed by atoms with Crippen LogP contribution in [0.1, 0.15) is 18.4 Å². The molecule has 1 aliphatic rings. The molecule has 0 aliphatic carbocycles. The van der Waals surface area contributed by atoms with Crippen molar-refractivity contribution in [1.82, 2.24) is 4.31 Å². The largest absolute Gasteiger partial charge is 0.416 e. The van der Waals surface area contributed by atoms with Gasteiger partial charge in [0, 0.05) is 24.7 Å². The van der Waals surface area contributed by atoms with Crippen molar-refractivity contribution < 1.29 is 35.2 Å². The van der Waals surface area contributed by atoms with E-state index in [0.717, 1.165) is 28.6 Å². The fourth-order valence-electron chi connectivity index (χ4n) is 3.19. The van der Waals surface area contributed by atoms with Crippen LogP contribution in [-0.2, 0) is 21.0 Å². The molecule has 1 amide bonds. The van der Waals surface area contributed by atoms with Crippen molar-refractivity contribution in [3.05, 3.63) is 59.7 Å². The van der Waals surface area contributed by atoms with E-state index in [0.29, 0.717) is 6.07 Å². The summed E-state index contributed by atoms with van der Waals surface area (Å²) in [5, 5.41) is 2.41. The van der Waals surface area contributed by atoms with Gasteiger partial charge in [0.05, 0.1) is 5.56 Å². The molecule has 0 atom stereocenters. The highest BCUT2D eigenvalue weighted by Crippen LogP contribution is 2.31. The number of carbonyl (C=O) groups excluding carboxylic acids is 1. The third kappa shape index (κ3) is 4.78. The summed E-state index contributed by atoms with van der Waals surface area (Å²) in [5.41, 5.74) is -0.926. The van der Waals surface area contributed by atoms with Crippen molar-refractivity contribution in [3.8, 4) is 0 Å². The van der Waals surface area contributed by atoms with Crippen molar-refractivity contribution in [2.75, 3.05) is 18.4 Å². The minimum atomic E-state index is -4.55. The number of amides is 1. The van der Waals surface area contributed by atoms with Crippen molar-refractivity contribution in [2.24, 2.45) is 5.92 Å². The second-order valence-electron chi connectivity index (χ2n) is 6.82. The summed E-state index contributed by atoms with van der Waals surface area (Å²) in [5.74, 6) is -3.15. The second-order valence-corrected chi connectivity index (χ2v) is 8.73. The minimum Gasteiger partial charge on any atom is -0.326 e. The van der Waals surface area contributed by atoms with E-state index in [1.807, 2.05) is 0 Å². The molecular weight excluding hydrogens is 431 g/mol. The normalized spacial score (nSPS) is 16.4. The third-order valence-electron chi connectivity index (χ3n) is 4.79. The lowest BCUT2D eigenvalue weighted by Crippen LogP contribution is -2.41. The quantitative estimate of drug-likeness (QED) is 0.719. The zero-order valence-electron chi connectivity index (χ0n) is 15.4. The number of alkyl halides is 3. The summed E-state index contributed by atoms with van der Waals surface area (Å²) >= 11 is 0. The van der Waals surface area contributed by atoms with E-state index in [-0.39, 0.29) is 31.6 Å². The lowest BCUT2D eigenvalue weighted by Gasteiger charge is -2.30. The van der Waals surface area contributed by atoms with E-state index in [9.17, 15) is 35.2 Å². The maximum atomic E-state index is 13.9. The van der Waals surface area contributed by atoms with Gasteiger partial charge in [-0.25, -0.2) is 17.2 Å². The fraction of sp³-hybridized carbons (Fsp3) is 0.316. The van der Waals surface area contributed by atoms with Crippen LogP contribution >= 0.6 is 0 Å². The highest BCUT2D eigenvalue weighted by atomic mass is 32.2. The number of hydrogen-bond acceptors (Lipinski definition) is 3. The molecule has 0 aromatic heterocycles. The van der Waals surface area contributed by atoms with E-state index >= 15 is 0 Å². The van der Waals surface area contributed by atoms with Gasteiger partial charge in [-0.05, 0) is 49.2 Å². The first-order chi connectivity index (χ1) is 14.0. The van der Waals surface area contributed by atoms with E-state index in [1.165, 1.54) is 12.1 Å². The number of anilines is 1. The predicted molar refractivity (Wildman–Crippen MR) is 97.9 cm³/mol. The second kappa shape index (κ2) is 8.31. The molecular formula is C19H17F5N2O3S. The number of carbonyl (C=O) groups is 1. The molecule has 0 saturated carbocycles. The predicted octanol–water partition coefficient (Wildman–Crippen LogP) is 4.02. The molecule has 1 aliphatic heterocycles. The van der Waals surface area contributed by atoms with Crippen molar-refractivity contribution >= 4 is 21.6 Å². The number of rotatable bonds is 4. The molecule has 162 valence electrons. The Morgan fingerprint density at radius 2 is 1.70 bits per heavy atom. The van der Waals surface area contributed by atoms with E-state index in [4.69, 9.17) is 0 Å². The lowest BCUT2D eigenvalue weighted by atomic mass is 9.97. The van der Waals surface area contributed by atoms with Gasteiger partial charge < -0.3 is 5.32 Å². The first kappa shape index (κ1) is 22.2. The van der Waals surface area contributed by atoms with E-state index in [2.05, 4.69) is 5.32 Å². The molecule has 5 nitrogen and oxygen atoms in total. The first-order valence-corrected chi connectivity index (χ1v) is 10.4. The maximum Gasteiger partial charge on any atom is 0.416 e. The number of nitrogens with zero attached hydrogens (tertiary/aromatic N) is 1. The zero-order valence-corrected chi connectivity index (χ0v) is 16.2. The molecule has 0 radical (unpaired) electrons. The Bertz CT molecular complexity index is 1050. The molecule has 2 aromatic rings. The molecule has 1 fully saturated rings. The Hall–Kier alpha value is -2.53. The number of piperidine rings is 1. The average Bonchev–Trinajstić information content (AvgIpc) is 2.69. The lowest BCUT2D eigenvalue weighted by molar-refractivity contribution is -0.137. The van der Waals surface area contributed by atoms with Crippen LogP contribution in [0.25, 0.3) is 0 Å². The first-order valence-electron chi connectivity index (χ1n) is 8.92. The number of benzene rings is 2. The highest BCUT2D eigenvalue weighted by molar-refractivity contribution is 7.89. The van der Waals surface area contributed by atoms with Gasteiger partial charge in [0.1, 0.15) is 16.5 Å². The summed E-state index contributed by atoms with van der Waals surface area (Å²) in [6.07, 6.45) is -4.38. The zero-order chi connectivity index (χ0) is 22.1. The van der Waals surface area contributed by atoms with Crippen LogP contribution in [0.15, 0.2) is 47.4 Å². The van der Waals surface area contributed by atoms with Gasteiger partial charge in [-0.1, -0.05) is 6.07 Å². The van der Waals surface area contributed by atoms with Crippen LogP contribution in [0, 0.1) is 17.6 Å². The van der Waals surface area contributed by atoms with Gasteiger partial charge in [0.2, 0.25) is 15.9 Å². The van der Waals surface area contributed by atoms with Crippen molar-refractivity contribution in [3.63, 3.8) is 0 Å². The number of halogens is 5. The molecule has 1 heterocycles. The van der Waals surface area contributed by atoms with Crippen LogP contribution in [-0.4, -0.2) is 31.7 Å². The van der Waals surface area contributed by atoms with E-state index < -0.39 is 50.1 Å². The van der Waals surface area contributed by atoms with Gasteiger partial charge in [0.25, 0.3) is 0 Å². The Balaban J connectivity index is 1.65. The van der Waals surface area contributed by atoms with Crippen LogP contribution in [0.5, 0.6) is 0 Å².